The van der Waals surface area contributed by atoms with Crippen LogP contribution in [-0.4, -0.2) is 44.5 Å². The smallest absolute Gasteiger partial charge is 0.265 e. The van der Waals surface area contributed by atoms with Gasteiger partial charge in [0, 0.05) is 43.8 Å². The Labute approximate surface area is 180 Å². The zero-order valence-corrected chi connectivity index (χ0v) is 18.2. The van der Waals surface area contributed by atoms with Gasteiger partial charge < -0.3 is 4.90 Å². The number of hydrogen-bond acceptors (Lipinski definition) is 6. The third-order valence-corrected chi connectivity index (χ3v) is 7.30. The lowest BCUT2D eigenvalue weighted by molar-refractivity contribution is 0.326. The van der Waals surface area contributed by atoms with E-state index in [0.717, 1.165) is 26.1 Å². The van der Waals surface area contributed by atoms with Gasteiger partial charge >= 0.3 is 0 Å². The van der Waals surface area contributed by atoms with Crippen LogP contribution in [0, 0.1) is 5.82 Å². The van der Waals surface area contributed by atoms with E-state index < -0.39 is 15.8 Å². The molecule has 1 atom stereocenters. The van der Waals surface area contributed by atoms with Crippen LogP contribution in [0.2, 0.25) is 0 Å². The molecule has 1 N–H and O–H groups in total. The van der Waals surface area contributed by atoms with E-state index in [1.807, 2.05) is 30.1 Å². The largest absolute Gasteiger partial charge is 0.370 e. The standard InChI is InChI=1S/C21H23FN4O2S2/c1-25(18-9-10-26(13-18)12-16-5-3-2-4-6-16)17-7-8-20(19(22)11-17)30(27,28)24-21-14-29-15-23-21/h2-8,11,14-15,18,24H,9-10,12-13H2,1H3/t18-/m0/s1. The molecule has 158 valence electrons. The number of likely N-dealkylation sites (tertiary alicyclic amines) is 1. The Morgan fingerprint density at radius 3 is 2.77 bits per heavy atom. The second-order valence-corrected chi connectivity index (χ2v) is 9.74. The monoisotopic (exact) mass is 446 g/mol. The normalized spacial score (nSPS) is 17.2. The van der Waals surface area contributed by atoms with Crippen molar-refractivity contribution in [3.05, 3.63) is 70.8 Å². The van der Waals surface area contributed by atoms with Crippen LogP contribution in [0.4, 0.5) is 15.9 Å². The molecule has 6 nitrogen and oxygen atoms in total. The van der Waals surface area contributed by atoms with E-state index in [1.165, 1.54) is 34.5 Å². The lowest BCUT2D eigenvalue weighted by Crippen LogP contribution is -2.34. The van der Waals surface area contributed by atoms with Gasteiger partial charge in [-0.05, 0) is 30.2 Å². The number of sulfonamides is 1. The van der Waals surface area contributed by atoms with Crippen molar-refractivity contribution in [3.8, 4) is 0 Å². The lowest BCUT2D eigenvalue weighted by atomic mass is 10.2. The molecule has 9 heteroatoms. The molecule has 1 fully saturated rings. The molecular formula is C21H23FN4O2S2. The second kappa shape index (κ2) is 8.71. The summed E-state index contributed by atoms with van der Waals surface area (Å²) in [6, 6.07) is 14.8. The van der Waals surface area contributed by atoms with Crippen LogP contribution < -0.4 is 9.62 Å². The molecule has 30 heavy (non-hydrogen) atoms. The molecule has 1 saturated heterocycles. The van der Waals surface area contributed by atoms with Crippen LogP contribution in [0.25, 0.3) is 0 Å². The summed E-state index contributed by atoms with van der Waals surface area (Å²) >= 11 is 1.26. The van der Waals surface area contributed by atoms with Crippen LogP contribution in [0.15, 0.2) is 64.3 Å². The van der Waals surface area contributed by atoms with Crippen molar-refractivity contribution in [1.29, 1.82) is 0 Å². The molecule has 0 radical (unpaired) electrons. The molecule has 4 rings (SSSR count). The zero-order valence-electron chi connectivity index (χ0n) is 16.5. The Morgan fingerprint density at radius 1 is 1.27 bits per heavy atom. The first-order valence-corrected chi connectivity index (χ1v) is 12.0. The Hall–Kier alpha value is -2.49. The minimum atomic E-state index is -4.03. The highest BCUT2D eigenvalue weighted by molar-refractivity contribution is 7.92. The first kappa shape index (κ1) is 20.8. The van der Waals surface area contributed by atoms with Crippen molar-refractivity contribution < 1.29 is 12.8 Å². The number of nitrogens with zero attached hydrogens (tertiary/aromatic N) is 3. The summed E-state index contributed by atoms with van der Waals surface area (Å²) in [5.74, 6) is -0.591. The molecule has 0 spiro atoms. The molecule has 1 aromatic heterocycles. The van der Waals surface area contributed by atoms with Crippen molar-refractivity contribution in [2.45, 2.75) is 23.9 Å². The van der Waals surface area contributed by atoms with Gasteiger partial charge in [0.2, 0.25) is 0 Å². The average Bonchev–Trinajstić information content (AvgIpc) is 3.40. The number of anilines is 2. The zero-order chi connectivity index (χ0) is 21.1. The molecule has 2 aromatic carbocycles. The maximum atomic E-state index is 14.7. The van der Waals surface area contributed by atoms with Gasteiger partial charge in [-0.3, -0.25) is 9.62 Å². The third kappa shape index (κ3) is 4.63. The average molecular weight is 447 g/mol. The van der Waals surface area contributed by atoms with Gasteiger partial charge in [0.05, 0.1) is 5.51 Å². The van der Waals surface area contributed by atoms with Crippen molar-refractivity contribution in [3.63, 3.8) is 0 Å². The van der Waals surface area contributed by atoms with Crippen LogP contribution in [0.5, 0.6) is 0 Å². The van der Waals surface area contributed by atoms with Crippen LogP contribution in [-0.2, 0) is 16.6 Å². The van der Waals surface area contributed by atoms with Crippen molar-refractivity contribution in [1.82, 2.24) is 9.88 Å². The third-order valence-electron chi connectivity index (χ3n) is 5.33. The molecule has 0 amide bonds. The van der Waals surface area contributed by atoms with Crippen molar-refractivity contribution in [2.75, 3.05) is 29.8 Å². The summed E-state index contributed by atoms with van der Waals surface area (Å²) in [7, 11) is -2.10. The van der Waals surface area contributed by atoms with E-state index in [-0.39, 0.29) is 16.8 Å². The summed E-state index contributed by atoms with van der Waals surface area (Å²) in [5.41, 5.74) is 3.44. The van der Waals surface area contributed by atoms with E-state index in [9.17, 15) is 12.8 Å². The summed E-state index contributed by atoms with van der Waals surface area (Å²) in [5, 5.41) is 1.55. The highest BCUT2D eigenvalue weighted by Gasteiger charge is 2.27. The van der Waals surface area contributed by atoms with Gasteiger partial charge in [0.25, 0.3) is 10.0 Å². The molecule has 1 aliphatic rings. The van der Waals surface area contributed by atoms with Crippen LogP contribution in [0.1, 0.15) is 12.0 Å². The summed E-state index contributed by atoms with van der Waals surface area (Å²) in [6.07, 6.45) is 0.969. The molecule has 0 saturated carbocycles. The van der Waals surface area contributed by atoms with E-state index in [1.54, 1.807) is 11.4 Å². The van der Waals surface area contributed by atoms with Gasteiger partial charge in [0.1, 0.15) is 10.7 Å². The maximum absolute atomic E-state index is 14.7. The molecular weight excluding hydrogens is 423 g/mol. The maximum Gasteiger partial charge on any atom is 0.265 e. The molecule has 0 bridgehead atoms. The first-order chi connectivity index (χ1) is 14.4. The van der Waals surface area contributed by atoms with E-state index >= 15 is 0 Å². The summed E-state index contributed by atoms with van der Waals surface area (Å²) in [6.45, 7) is 2.73. The molecule has 3 aromatic rings. The Kier molecular flexibility index (Phi) is 6.03. The number of benzene rings is 2. The fraction of sp³-hybridized carbons (Fsp3) is 0.286. The number of thiazole rings is 1. The Bertz CT molecular complexity index is 1090. The SMILES string of the molecule is CN(c1ccc(S(=O)(=O)Nc2cscn2)c(F)c1)[C@H]1CCN(Cc2ccccc2)C1. The number of aromatic nitrogens is 1. The topological polar surface area (TPSA) is 65.5 Å². The van der Waals surface area contributed by atoms with E-state index in [2.05, 4.69) is 26.7 Å². The second-order valence-electron chi connectivity index (χ2n) is 7.37. The number of rotatable bonds is 7. The Morgan fingerprint density at radius 2 is 2.07 bits per heavy atom. The van der Waals surface area contributed by atoms with Gasteiger partial charge in [-0.1, -0.05) is 30.3 Å². The highest BCUT2D eigenvalue weighted by Crippen LogP contribution is 2.27. The Balaban J connectivity index is 1.44. The minimum Gasteiger partial charge on any atom is -0.370 e. The van der Waals surface area contributed by atoms with Gasteiger partial charge in [-0.15, -0.1) is 11.3 Å². The predicted octanol–water partition coefficient (Wildman–Crippen LogP) is 3.79. The van der Waals surface area contributed by atoms with E-state index in [0.29, 0.717) is 5.69 Å². The predicted molar refractivity (Wildman–Crippen MR) is 118 cm³/mol. The highest BCUT2D eigenvalue weighted by atomic mass is 32.2. The van der Waals surface area contributed by atoms with Crippen LogP contribution in [0.3, 0.4) is 0 Å². The fourth-order valence-electron chi connectivity index (χ4n) is 3.71. The summed E-state index contributed by atoms with van der Waals surface area (Å²) in [4.78, 5) is 7.90. The quantitative estimate of drug-likeness (QED) is 0.598. The van der Waals surface area contributed by atoms with Gasteiger partial charge in [-0.25, -0.2) is 17.8 Å². The number of halogens is 1. The van der Waals surface area contributed by atoms with Gasteiger partial charge in [-0.2, -0.15) is 0 Å². The number of hydrogen-bond donors (Lipinski definition) is 1. The fourth-order valence-corrected chi connectivity index (χ4v) is 5.33. The van der Waals surface area contributed by atoms with Crippen LogP contribution >= 0.6 is 11.3 Å². The van der Waals surface area contributed by atoms with Gasteiger partial charge in [0.15, 0.2) is 5.82 Å². The molecule has 1 aliphatic heterocycles. The minimum absolute atomic E-state index is 0.185. The number of likely N-dealkylation sites (N-methyl/N-ethyl adjacent to an activating group) is 1. The molecule has 0 unspecified atom stereocenters. The first-order valence-electron chi connectivity index (χ1n) is 9.62. The molecule has 2 heterocycles. The summed E-state index contributed by atoms with van der Waals surface area (Å²) < 4.78 is 41.9. The lowest BCUT2D eigenvalue weighted by Gasteiger charge is -2.27. The molecule has 0 aliphatic carbocycles. The van der Waals surface area contributed by atoms with Crippen molar-refractivity contribution >= 4 is 32.9 Å². The van der Waals surface area contributed by atoms with E-state index in [4.69, 9.17) is 0 Å². The number of nitrogens with one attached hydrogen (secondary N) is 1. The van der Waals surface area contributed by atoms with Crippen molar-refractivity contribution in [2.24, 2.45) is 0 Å².